The third-order valence-corrected chi connectivity index (χ3v) is 3.22. The molecule has 25 heavy (non-hydrogen) atoms. The summed E-state index contributed by atoms with van der Waals surface area (Å²) in [5.41, 5.74) is -1.30. The number of nitrogens with one attached hydrogen (secondary N) is 1. The van der Waals surface area contributed by atoms with Crippen LogP contribution in [0.3, 0.4) is 0 Å². The lowest BCUT2D eigenvalue weighted by Gasteiger charge is -2.33. The van der Waals surface area contributed by atoms with Gasteiger partial charge in [-0.2, -0.15) is 18.4 Å². The molecule has 6 nitrogen and oxygen atoms in total. The second-order valence-electron chi connectivity index (χ2n) is 4.84. The third-order valence-electron chi connectivity index (χ3n) is 3.22. The van der Waals surface area contributed by atoms with E-state index in [4.69, 9.17) is 11.0 Å². The van der Waals surface area contributed by atoms with Crippen molar-refractivity contribution < 1.29 is 31.9 Å². The van der Waals surface area contributed by atoms with Gasteiger partial charge in [-0.05, 0) is 19.1 Å². The van der Waals surface area contributed by atoms with E-state index in [2.05, 4.69) is 4.74 Å². The highest BCUT2D eigenvalue weighted by atomic mass is 19.4. The number of ether oxygens (including phenoxy) is 1. The Kier molecular flexibility index (Phi) is 5.75. The van der Waals surface area contributed by atoms with Crippen LogP contribution in [0.4, 0.5) is 17.6 Å². The summed E-state index contributed by atoms with van der Waals surface area (Å²) in [6.07, 6.45) is -5.49. The average Bonchev–Trinajstić information content (AvgIpc) is 2.52. The summed E-state index contributed by atoms with van der Waals surface area (Å²) < 4.78 is 59.0. The van der Waals surface area contributed by atoms with Crippen LogP contribution in [0.5, 0.6) is 0 Å². The number of nitrogens with two attached hydrogens (primary N) is 1. The van der Waals surface area contributed by atoms with Crippen LogP contribution >= 0.6 is 0 Å². The van der Waals surface area contributed by atoms with Crippen LogP contribution in [-0.2, 0) is 9.53 Å². The van der Waals surface area contributed by atoms with Gasteiger partial charge < -0.3 is 15.8 Å². The Morgan fingerprint density at radius 2 is 1.84 bits per heavy atom. The highest BCUT2D eigenvalue weighted by Gasteiger charge is 2.66. The van der Waals surface area contributed by atoms with E-state index in [9.17, 15) is 27.2 Å². The van der Waals surface area contributed by atoms with Crippen molar-refractivity contribution in [3.05, 3.63) is 46.9 Å². The number of carbonyl (C=O) groups excluding carboxylic acids is 2. The number of hydrogen-bond acceptors (Lipinski definition) is 5. The molecular weight excluding hydrogens is 346 g/mol. The molecule has 1 atom stereocenters. The molecule has 0 bridgehead atoms. The summed E-state index contributed by atoms with van der Waals surface area (Å²) in [6.45, 7) is 0.942. The number of halogens is 4. The van der Waals surface area contributed by atoms with Crippen molar-refractivity contribution in [1.82, 2.24) is 5.32 Å². The normalized spacial score (nSPS) is 14.6. The van der Waals surface area contributed by atoms with E-state index in [1.807, 2.05) is 0 Å². The highest BCUT2D eigenvalue weighted by Crippen LogP contribution is 2.38. The molecule has 1 unspecified atom stereocenters. The molecule has 0 aliphatic rings. The van der Waals surface area contributed by atoms with Crippen LogP contribution in [0.15, 0.2) is 35.5 Å². The smallest absolute Gasteiger partial charge is 0.427 e. The molecule has 3 N–H and O–H groups in total. The Morgan fingerprint density at radius 3 is 2.24 bits per heavy atom. The summed E-state index contributed by atoms with van der Waals surface area (Å²) in [6, 6.07) is 5.34. The molecule has 0 saturated heterocycles. The number of benzene rings is 1. The van der Waals surface area contributed by atoms with Crippen LogP contribution in [0.2, 0.25) is 0 Å². The van der Waals surface area contributed by atoms with E-state index in [0.29, 0.717) is 7.11 Å². The van der Waals surface area contributed by atoms with Crippen molar-refractivity contribution in [2.75, 3.05) is 7.11 Å². The zero-order chi connectivity index (χ0) is 19.4. The van der Waals surface area contributed by atoms with Gasteiger partial charge in [0.15, 0.2) is 0 Å². The van der Waals surface area contributed by atoms with Crippen LogP contribution in [0.1, 0.15) is 17.3 Å². The molecule has 1 aromatic rings. The standard InChI is InChI=1S/C15H13F4N3O3/c1-8(21)10(7-20)14(13(24)25-2,15(17,18)19)22-12(23)9-5-3-4-6-11(9)16/h3-6H,21H2,1-2H3,(H,22,23). The van der Waals surface area contributed by atoms with Gasteiger partial charge in [0, 0.05) is 5.70 Å². The van der Waals surface area contributed by atoms with E-state index in [1.54, 1.807) is 0 Å². The molecule has 1 rings (SSSR count). The summed E-state index contributed by atoms with van der Waals surface area (Å²) in [5, 5.41) is 10.4. The zero-order valence-corrected chi connectivity index (χ0v) is 13.1. The largest absolute Gasteiger partial charge is 0.467 e. The maximum atomic E-state index is 13.7. The summed E-state index contributed by atoms with van der Waals surface area (Å²) in [7, 11) is 0.638. The van der Waals surface area contributed by atoms with Crippen LogP contribution < -0.4 is 11.1 Å². The first-order valence-electron chi connectivity index (χ1n) is 6.62. The number of esters is 1. The third kappa shape index (κ3) is 3.55. The Balaban J connectivity index is 3.65. The Labute approximate surface area is 139 Å². The van der Waals surface area contributed by atoms with E-state index in [0.717, 1.165) is 25.1 Å². The van der Waals surface area contributed by atoms with Gasteiger partial charge in [0.1, 0.15) is 5.82 Å². The van der Waals surface area contributed by atoms with Gasteiger partial charge in [0.25, 0.3) is 11.4 Å². The first kappa shape index (κ1) is 20.0. The fourth-order valence-corrected chi connectivity index (χ4v) is 2.05. The minimum absolute atomic E-state index is 0.638. The molecule has 0 aliphatic carbocycles. The molecule has 0 radical (unpaired) electrons. The van der Waals surface area contributed by atoms with Gasteiger partial charge in [0.05, 0.1) is 24.3 Å². The Bertz CT molecular complexity index is 764. The second-order valence-corrected chi connectivity index (χ2v) is 4.84. The lowest BCUT2D eigenvalue weighted by molar-refractivity contribution is -0.200. The SMILES string of the molecule is COC(=O)C(NC(=O)c1ccccc1F)(C(C#N)=C(C)N)C(F)(F)F. The lowest BCUT2D eigenvalue weighted by atomic mass is 9.87. The molecule has 1 amide bonds. The molecule has 0 aromatic heterocycles. The average molecular weight is 359 g/mol. The molecule has 10 heteroatoms. The Morgan fingerprint density at radius 1 is 1.28 bits per heavy atom. The minimum Gasteiger partial charge on any atom is -0.467 e. The number of rotatable bonds is 4. The van der Waals surface area contributed by atoms with Crippen LogP contribution in [-0.4, -0.2) is 30.7 Å². The van der Waals surface area contributed by atoms with E-state index < -0.39 is 46.2 Å². The number of nitrogens with zero attached hydrogens (tertiary/aromatic N) is 1. The van der Waals surface area contributed by atoms with E-state index in [1.165, 1.54) is 17.4 Å². The van der Waals surface area contributed by atoms with Crippen molar-refractivity contribution in [3.8, 4) is 6.07 Å². The second kappa shape index (κ2) is 7.21. The topological polar surface area (TPSA) is 105 Å². The molecule has 0 aliphatic heterocycles. The van der Waals surface area contributed by atoms with Crippen molar-refractivity contribution >= 4 is 11.9 Å². The molecule has 0 spiro atoms. The van der Waals surface area contributed by atoms with Gasteiger partial charge in [-0.25, -0.2) is 9.18 Å². The van der Waals surface area contributed by atoms with Gasteiger partial charge in [0.2, 0.25) is 0 Å². The van der Waals surface area contributed by atoms with E-state index >= 15 is 0 Å². The molecule has 134 valence electrons. The lowest BCUT2D eigenvalue weighted by Crippen LogP contribution is -2.66. The van der Waals surface area contributed by atoms with Gasteiger partial charge in [-0.3, -0.25) is 4.79 Å². The van der Waals surface area contributed by atoms with Gasteiger partial charge >= 0.3 is 12.1 Å². The number of carbonyl (C=O) groups is 2. The summed E-state index contributed by atoms with van der Waals surface area (Å²) in [5.74, 6) is -4.69. The van der Waals surface area contributed by atoms with Crippen LogP contribution in [0.25, 0.3) is 0 Å². The first-order chi connectivity index (χ1) is 11.5. The number of alkyl halides is 3. The van der Waals surface area contributed by atoms with Gasteiger partial charge in [-0.1, -0.05) is 12.1 Å². The quantitative estimate of drug-likeness (QED) is 0.484. The molecule has 1 aromatic carbocycles. The van der Waals surface area contributed by atoms with Crippen molar-refractivity contribution in [2.24, 2.45) is 5.73 Å². The summed E-state index contributed by atoms with van der Waals surface area (Å²) in [4.78, 5) is 24.1. The number of allylic oxidation sites excluding steroid dienone is 1. The number of amides is 1. The maximum absolute atomic E-state index is 13.7. The predicted octanol–water partition coefficient (Wildman–Crippen LogP) is 1.79. The highest BCUT2D eigenvalue weighted by molar-refractivity contribution is 6.00. The predicted molar refractivity (Wildman–Crippen MR) is 77.2 cm³/mol. The Hall–Kier alpha value is -3.09. The summed E-state index contributed by atoms with van der Waals surface area (Å²) >= 11 is 0. The molecule has 0 saturated carbocycles. The van der Waals surface area contributed by atoms with Crippen molar-refractivity contribution in [1.29, 1.82) is 5.26 Å². The maximum Gasteiger partial charge on any atom is 0.427 e. The number of methoxy groups -OCH3 is 1. The number of nitriles is 1. The first-order valence-corrected chi connectivity index (χ1v) is 6.62. The molecular formula is C15H13F4N3O3. The van der Waals surface area contributed by atoms with Crippen molar-refractivity contribution in [2.45, 2.75) is 18.6 Å². The fourth-order valence-electron chi connectivity index (χ4n) is 2.05. The van der Waals surface area contributed by atoms with Crippen molar-refractivity contribution in [3.63, 3.8) is 0 Å². The zero-order valence-electron chi connectivity index (χ0n) is 13.1. The monoisotopic (exact) mass is 359 g/mol. The van der Waals surface area contributed by atoms with Gasteiger partial charge in [-0.15, -0.1) is 0 Å². The number of hydrogen-bond donors (Lipinski definition) is 2. The fraction of sp³-hybridized carbons (Fsp3) is 0.267. The van der Waals surface area contributed by atoms with E-state index in [-0.39, 0.29) is 0 Å². The molecule has 0 fully saturated rings. The minimum atomic E-state index is -5.49. The van der Waals surface area contributed by atoms with Crippen LogP contribution in [0, 0.1) is 17.1 Å². The molecule has 0 heterocycles.